The summed E-state index contributed by atoms with van der Waals surface area (Å²) in [5.74, 6) is 1.25. The zero-order valence-corrected chi connectivity index (χ0v) is 17.1. The van der Waals surface area contributed by atoms with Crippen LogP contribution in [0, 0.1) is 0 Å². The Kier molecular flexibility index (Phi) is 6.19. The molecule has 0 spiro atoms. The molecule has 1 saturated heterocycles. The van der Waals surface area contributed by atoms with Crippen LogP contribution in [0.2, 0.25) is 0 Å². The number of carbonyl (C=O) groups is 1. The first-order valence-electron chi connectivity index (χ1n) is 8.69. The molecular weight excluding hydrogens is 378 g/mol. The molecule has 0 aliphatic carbocycles. The standard InChI is InChI=1S/C21H21NO3S2/c1-4-24-18-12-15(13-19-20(23)22(3)21(26)27-19)10-11-17(18)25-14(2)16-8-6-5-7-9-16/h5-14H,4H2,1-3H3/b19-13-/t14-/m1/s1. The average molecular weight is 400 g/mol. The molecule has 1 fully saturated rings. The van der Waals surface area contributed by atoms with Crippen LogP contribution in [0.25, 0.3) is 6.08 Å². The lowest BCUT2D eigenvalue weighted by molar-refractivity contribution is -0.121. The van der Waals surface area contributed by atoms with Crippen molar-refractivity contribution >= 4 is 40.3 Å². The zero-order valence-electron chi connectivity index (χ0n) is 15.5. The highest BCUT2D eigenvalue weighted by Crippen LogP contribution is 2.35. The van der Waals surface area contributed by atoms with Gasteiger partial charge in [-0.2, -0.15) is 0 Å². The van der Waals surface area contributed by atoms with Gasteiger partial charge in [0, 0.05) is 7.05 Å². The molecule has 0 unspecified atom stereocenters. The molecule has 6 heteroatoms. The molecule has 0 aromatic heterocycles. The van der Waals surface area contributed by atoms with Crippen molar-refractivity contribution in [3.8, 4) is 11.5 Å². The number of ether oxygens (including phenoxy) is 2. The van der Waals surface area contributed by atoms with Crippen LogP contribution in [0.15, 0.2) is 53.4 Å². The second kappa shape index (κ2) is 8.59. The fourth-order valence-electron chi connectivity index (χ4n) is 2.66. The van der Waals surface area contributed by atoms with Crippen molar-refractivity contribution in [3.05, 3.63) is 64.6 Å². The van der Waals surface area contributed by atoms with Crippen molar-refractivity contribution in [2.45, 2.75) is 20.0 Å². The summed E-state index contributed by atoms with van der Waals surface area (Å²) in [6.45, 7) is 4.46. The molecule has 4 nitrogen and oxygen atoms in total. The van der Waals surface area contributed by atoms with Crippen molar-refractivity contribution in [2.75, 3.05) is 13.7 Å². The highest BCUT2D eigenvalue weighted by molar-refractivity contribution is 8.26. The van der Waals surface area contributed by atoms with E-state index >= 15 is 0 Å². The molecule has 3 rings (SSSR count). The highest BCUT2D eigenvalue weighted by atomic mass is 32.2. The molecule has 2 aromatic rings. The Balaban J connectivity index is 1.85. The summed E-state index contributed by atoms with van der Waals surface area (Å²) in [7, 11) is 1.69. The maximum Gasteiger partial charge on any atom is 0.265 e. The Labute approximate surface area is 169 Å². The molecule has 1 atom stereocenters. The van der Waals surface area contributed by atoms with Crippen molar-refractivity contribution in [3.63, 3.8) is 0 Å². The lowest BCUT2D eigenvalue weighted by Gasteiger charge is -2.18. The number of nitrogens with zero attached hydrogens (tertiary/aromatic N) is 1. The van der Waals surface area contributed by atoms with Crippen molar-refractivity contribution < 1.29 is 14.3 Å². The summed E-state index contributed by atoms with van der Waals surface area (Å²) in [4.78, 5) is 14.3. The van der Waals surface area contributed by atoms with E-state index in [9.17, 15) is 4.79 Å². The second-order valence-electron chi connectivity index (χ2n) is 6.05. The van der Waals surface area contributed by atoms with E-state index in [1.807, 2.05) is 68.5 Å². The lowest BCUT2D eigenvalue weighted by Crippen LogP contribution is -2.22. The van der Waals surface area contributed by atoms with Gasteiger partial charge in [0.15, 0.2) is 11.5 Å². The van der Waals surface area contributed by atoms with Crippen LogP contribution in [-0.2, 0) is 4.79 Å². The summed E-state index contributed by atoms with van der Waals surface area (Å²) < 4.78 is 12.4. The summed E-state index contributed by atoms with van der Waals surface area (Å²) in [6, 6.07) is 15.7. The fourth-order valence-corrected chi connectivity index (χ4v) is 3.84. The van der Waals surface area contributed by atoms with Crippen molar-refractivity contribution in [1.29, 1.82) is 0 Å². The number of rotatable bonds is 6. The number of carbonyl (C=O) groups excluding carboxylic acids is 1. The fraction of sp³-hybridized carbons (Fsp3) is 0.238. The van der Waals surface area contributed by atoms with Crippen molar-refractivity contribution in [2.24, 2.45) is 0 Å². The molecule has 27 heavy (non-hydrogen) atoms. The Bertz CT molecular complexity index is 880. The second-order valence-corrected chi connectivity index (χ2v) is 7.73. The Morgan fingerprint density at radius 2 is 1.93 bits per heavy atom. The first-order valence-corrected chi connectivity index (χ1v) is 9.92. The van der Waals surface area contributed by atoms with Gasteiger partial charge in [-0.1, -0.05) is 60.4 Å². The monoisotopic (exact) mass is 399 g/mol. The SMILES string of the molecule is CCOc1cc(/C=C2\SC(=S)N(C)C2=O)ccc1O[C@H](C)c1ccccc1. The molecule has 0 N–H and O–H groups in total. The minimum atomic E-state index is -0.104. The number of amides is 1. The van der Waals surface area contributed by atoms with E-state index in [2.05, 4.69) is 0 Å². The van der Waals surface area contributed by atoms with E-state index in [-0.39, 0.29) is 12.0 Å². The zero-order chi connectivity index (χ0) is 19.4. The van der Waals surface area contributed by atoms with Gasteiger partial charge >= 0.3 is 0 Å². The van der Waals surface area contributed by atoms with E-state index in [1.54, 1.807) is 7.05 Å². The van der Waals surface area contributed by atoms with E-state index < -0.39 is 0 Å². The molecule has 1 amide bonds. The summed E-state index contributed by atoms with van der Waals surface area (Å²) in [6.07, 6.45) is 1.73. The van der Waals surface area contributed by atoms with Gasteiger partial charge in [-0.25, -0.2) is 0 Å². The number of thioether (sulfide) groups is 1. The van der Waals surface area contributed by atoms with Crippen LogP contribution in [0.3, 0.4) is 0 Å². The number of hydrogen-bond donors (Lipinski definition) is 0. The van der Waals surface area contributed by atoms with Gasteiger partial charge in [0.05, 0.1) is 11.5 Å². The van der Waals surface area contributed by atoms with Crippen molar-refractivity contribution in [1.82, 2.24) is 4.90 Å². The van der Waals surface area contributed by atoms with Gasteiger partial charge in [-0.3, -0.25) is 9.69 Å². The average Bonchev–Trinajstić information content (AvgIpc) is 2.91. The van der Waals surface area contributed by atoms with Gasteiger partial charge in [0.25, 0.3) is 5.91 Å². The van der Waals surface area contributed by atoms with Gasteiger partial charge in [-0.05, 0) is 43.2 Å². The van der Waals surface area contributed by atoms with Crippen LogP contribution in [0.1, 0.15) is 31.1 Å². The maximum absolute atomic E-state index is 12.2. The smallest absolute Gasteiger partial charge is 0.265 e. The minimum absolute atomic E-state index is 0.0824. The van der Waals surface area contributed by atoms with Gasteiger partial charge in [0.2, 0.25) is 0 Å². The van der Waals surface area contributed by atoms with Gasteiger partial charge in [-0.15, -0.1) is 0 Å². The molecule has 0 saturated carbocycles. The minimum Gasteiger partial charge on any atom is -0.490 e. The molecule has 1 aliphatic heterocycles. The number of thiocarbonyl (C=S) groups is 1. The van der Waals surface area contributed by atoms with Gasteiger partial charge in [0.1, 0.15) is 10.4 Å². The molecule has 140 valence electrons. The molecule has 1 heterocycles. The topological polar surface area (TPSA) is 38.8 Å². The first kappa shape index (κ1) is 19.5. The largest absolute Gasteiger partial charge is 0.490 e. The number of benzene rings is 2. The molecular formula is C21H21NO3S2. The molecule has 0 radical (unpaired) electrons. The quantitative estimate of drug-likeness (QED) is 0.502. The maximum atomic E-state index is 12.2. The third-order valence-electron chi connectivity index (χ3n) is 4.12. The van der Waals surface area contributed by atoms with Crippen LogP contribution in [0.5, 0.6) is 11.5 Å². The molecule has 0 bridgehead atoms. The van der Waals surface area contributed by atoms with E-state index in [0.29, 0.717) is 27.3 Å². The lowest BCUT2D eigenvalue weighted by atomic mass is 10.1. The predicted molar refractivity (Wildman–Crippen MR) is 114 cm³/mol. The van der Waals surface area contributed by atoms with E-state index in [4.69, 9.17) is 21.7 Å². The van der Waals surface area contributed by atoms with E-state index in [1.165, 1.54) is 16.7 Å². The number of likely N-dealkylation sites (N-methyl/N-ethyl adjacent to an activating group) is 1. The Morgan fingerprint density at radius 1 is 1.19 bits per heavy atom. The Morgan fingerprint density at radius 3 is 2.56 bits per heavy atom. The molecule has 1 aliphatic rings. The molecule has 2 aromatic carbocycles. The predicted octanol–water partition coefficient (Wildman–Crippen LogP) is 5.06. The third kappa shape index (κ3) is 4.51. The Hall–Kier alpha value is -2.31. The van der Waals surface area contributed by atoms with Crippen LogP contribution in [-0.4, -0.2) is 28.8 Å². The van der Waals surface area contributed by atoms with Gasteiger partial charge < -0.3 is 9.47 Å². The third-order valence-corrected chi connectivity index (χ3v) is 5.61. The van der Waals surface area contributed by atoms with Crippen LogP contribution in [0.4, 0.5) is 0 Å². The van der Waals surface area contributed by atoms with Crippen LogP contribution >= 0.6 is 24.0 Å². The first-order chi connectivity index (χ1) is 13.0. The summed E-state index contributed by atoms with van der Waals surface area (Å²) in [5, 5.41) is 0. The normalized spacial score (nSPS) is 16.7. The summed E-state index contributed by atoms with van der Waals surface area (Å²) in [5.41, 5.74) is 1.96. The highest BCUT2D eigenvalue weighted by Gasteiger charge is 2.28. The summed E-state index contributed by atoms with van der Waals surface area (Å²) >= 11 is 6.48. The number of hydrogen-bond acceptors (Lipinski definition) is 5. The van der Waals surface area contributed by atoms with Crippen LogP contribution < -0.4 is 9.47 Å². The van der Waals surface area contributed by atoms with E-state index in [0.717, 1.165) is 11.1 Å².